The van der Waals surface area contributed by atoms with Gasteiger partial charge in [0, 0.05) is 29.1 Å². The van der Waals surface area contributed by atoms with E-state index < -0.39 is 6.10 Å². The molecule has 166 valence electrons. The van der Waals surface area contributed by atoms with Crippen LogP contribution in [0.2, 0.25) is 5.02 Å². The van der Waals surface area contributed by atoms with Crippen LogP contribution in [0.25, 0.3) is 21.1 Å². The standard InChI is InChI=1S/C21H20ClIN5O2PS/c22-16-3-1-13(2-4-16)17(30)9-15-10-18(14-5-6-24-19(11-14)25-7-8-29)32-20(15)21-26-12-28(27-21)31-23/h1-6,10-12,17,29-31H,7-9H2,(H,24,25). The smallest absolute Gasteiger partial charge is 0.191 e. The van der Waals surface area contributed by atoms with Gasteiger partial charge in [-0.05, 0) is 69.1 Å². The first-order chi connectivity index (χ1) is 15.6. The molecule has 1 aromatic carbocycles. The van der Waals surface area contributed by atoms with E-state index in [0.29, 0.717) is 36.0 Å². The third-order valence-corrected chi connectivity index (χ3v) is 8.07. The second kappa shape index (κ2) is 11.0. The molecular weight excluding hydrogens is 580 g/mol. The van der Waals surface area contributed by atoms with Crippen LogP contribution < -0.4 is 5.32 Å². The molecule has 4 rings (SSSR count). The minimum Gasteiger partial charge on any atom is -0.395 e. The number of aliphatic hydroxyl groups excluding tert-OH is 2. The number of nitrogens with zero attached hydrogens (tertiary/aromatic N) is 4. The maximum atomic E-state index is 10.9. The molecule has 11 heteroatoms. The summed E-state index contributed by atoms with van der Waals surface area (Å²) in [5.41, 5.74) is 2.78. The topological polar surface area (TPSA) is 96.1 Å². The van der Waals surface area contributed by atoms with Crippen LogP contribution in [0.5, 0.6) is 0 Å². The van der Waals surface area contributed by atoms with Gasteiger partial charge < -0.3 is 15.5 Å². The van der Waals surface area contributed by atoms with Crippen molar-refractivity contribution in [3.63, 3.8) is 0 Å². The Labute approximate surface area is 209 Å². The molecule has 0 saturated carbocycles. The summed E-state index contributed by atoms with van der Waals surface area (Å²) in [6.45, 7) is 0.469. The summed E-state index contributed by atoms with van der Waals surface area (Å²) in [5, 5.41) is 28.3. The zero-order chi connectivity index (χ0) is 22.5. The lowest BCUT2D eigenvalue weighted by atomic mass is 10.0. The molecule has 2 atom stereocenters. The van der Waals surface area contributed by atoms with E-state index in [1.165, 1.54) is 0 Å². The van der Waals surface area contributed by atoms with Gasteiger partial charge in [-0.25, -0.2) is 14.4 Å². The molecule has 0 bridgehead atoms. The third kappa shape index (κ3) is 5.65. The minimum atomic E-state index is -0.679. The van der Waals surface area contributed by atoms with Gasteiger partial charge in [0.15, 0.2) is 5.82 Å². The first-order valence-corrected chi connectivity index (χ1v) is 15.0. The molecule has 7 nitrogen and oxygen atoms in total. The molecule has 0 aliphatic heterocycles. The van der Waals surface area contributed by atoms with Crippen molar-refractivity contribution in [2.45, 2.75) is 12.5 Å². The Morgan fingerprint density at radius 1 is 1.19 bits per heavy atom. The number of aliphatic hydroxyl groups is 2. The SMILES string of the molecule is OCCNc1cc(-c2cc(CC(O)c3ccc(Cl)cc3)c(-c3ncn(PI)n3)s2)ccn1. The number of anilines is 1. The number of benzene rings is 1. The number of hydrogen-bond acceptors (Lipinski definition) is 7. The Kier molecular flexibility index (Phi) is 8.09. The highest BCUT2D eigenvalue weighted by Crippen LogP contribution is 2.39. The van der Waals surface area contributed by atoms with Crippen molar-refractivity contribution in [2.75, 3.05) is 18.5 Å². The molecule has 0 aliphatic rings. The number of aromatic nitrogens is 4. The Morgan fingerprint density at radius 3 is 2.72 bits per heavy atom. The van der Waals surface area contributed by atoms with Gasteiger partial charge in [0.1, 0.15) is 12.1 Å². The molecule has 2 unspecified atom stereocenters. The van der Waals surface area contributed by atoms with Crippen molar-refractivity contribution in [1.82, 2.24) is 19.5 Å². The van der Waals surface area contributed by atoms with Gasteiger partial charge in [0.05, 0.1) is 24.0 Å². The first-order valence-electron chi connectivity index (χ1n) is 9.73. The average Bonchev–Trinajstić information content (AvgIpc) is 3.45. The normalized spacial score (nSPS) is 12.5. The number of rotatable bonds is 9. The molecule has 3 aromatic heterocycles. The summed E-state index contributed by atoms with van der Waals surface area (Å²) in [5.74, 6) is 1.35. The molecule has 0 radical (unpaired) electrons. The second-order valence-corrected chi connectivity index (χ2v) is 10.5. The van der Waals surface area contributed by atoms with Gasteiger partial charge in [-0.3, -0.25) is 0 Å². The summed E-state index contributed by atoms with van der Waals surface area (Å²) in [4.78, 5) is 10.8. The lowest BCUT2D eigenvalue weighted by Crippen LogP contribution is -2.06. The predicted octanol–water partition coefficient (Wildman–Crippen LogP) is 5.19. The number of nitrogens with one attached hydrogen (secondary N) is 1. The lowest BCUT2D eigenvalue weighted by Gasteiger charge is -2.11. The van der Waals surface area contributed by atoms with E-state index in [2.05, 4.69) is 48.5 Å². The Morgan fingerprint density at radius 2 is 2.00 bits per heavy atom. The second-order valence-electron chi connectivity index (χ2n) is 6.91. The van der Waals surface area contributed by atoms with Crippen molar-refractivity contribution in [1.29, 1.82) is 0 Å². The minimum absolute atomic E-state index is 0.0353. The van der Waals surface area contributed by atoms with Gasteiger partial charge in [0.25, 0.3) is 0 Å². The summed E-state index contributed by atoms with van der Waals surface area (Å²) in [6, 6.07) is 13.2. The summed E-state index contributed by atoms with van der Waals surface area (Å²) in [6.07, 6.45) is 3.67. The average molecular weight is 600 g/mol. The fourth-order valence-corrected chi connectivity index (χ4v) is 5.38. The van der Waals surface area contributed by atoms with Crippen LogP contribution in [-0.4, -0.2) is 42.9 Å². The Balaban J connectivity index is 1.69. The fourth-order valence-electron chi connectivity index (χ4n) is 3.20. The van der Waals surface area contributed by atoms with Crippen molar-refractivity contribution < 1.29 is 10.2 Å². The van der Waals surface area contributed by atoms with Gasteiger partial charge >= 0.3 is 0 Å². The van der Waals surface area contributed by atoms with Gasteiger partial charge in [-0.1, -0.05) is 23.7 Å². The van der Waals surface area contributed by atoms with Crippen molar-refractivity contribution in [2.24, 2.45) is 0 Å². The van der Waals surface area contributed by atoms with E-state index in [1.54, 1.807) is 40.4 Å². The molecule has 0 spiro atoms. The highest BCUT2D eigenvalue weighted by atomic mass is 127. The molecule has 32 heavy (non-hydrogen) atoms. The zero-order valence-electron chi connectivity index (χ0n) is 16.7. The monoisotopic (exact) mass is 599 g/mol. The molecule has 0 aliphatic carbocycles. The highest BCUT2D eigenvalue weighted by Gasteiger charge is 2.19. The largest absolute Gasteiger partial charge is 0.395 e. The molecule has 3 heterocycles. The number of thiophene rings is 1. The molecule has 0 fully saturated rings. The van der Waals surface area contributed by atoms with Gasteiger partial charge in [0.2, 0.25) is 0 Å². The maximum Gasteiger partial charge on any atom is 0.191 e. The van der Waals surface area contributed by atoms with Crippen LogP contribution in [0.15, 0.2) is 55.0 Å². The van der Waals surface area contributed by atoms with E-state index in [1.807, 2.05) is 24.3 Å². The van der Waals surface area contributed by atoms with Gasteiger partial charge in [-0.2, -0.15) is 0 Å². The summed E-state index contributed by atoms with van der Waals surface area (Å²) >= 11 is 9.84. The van der Waals surface area contributed by atoms with Crippen LogP contribution in [0.3, 0.4) is 0 Å². The quantitative estimate of drug-likeness (QED) is 0.181. The molecule has 0 amide bonds. The highest BCUT2D eigenvalue weighted by molar-refractivity contribution is 14.2. The van der Waals surface area contributed by atoms with Crippen LogP contribution in [0, 0.1) is 0 Å². The summed E-state index contributed by atoms with van der Waals surface area (Å²) < 4.78 is 1.80. The molecule has 0 saturated heterocycles. The van der Waals surface area contributed by atoms with Gasteiger partial charge in [-0.15, -0.1) is 16.4 Å². The van der Waals surface area contributed by atoms with Crippen molar-refractivity contribution in [3.05, 3.63) is 71.1 Å². The van der Waals surface area contributed by atoms with Crippen LogP contribution in [-0.2, 0) is 6.42 Å². The van der Waals surface area contributed by atoms with Crippen LogP contribution in [0.1, 0.15) is 17.2 Å². The van der Waals surface area contributed by atoms with Crippen molar-refractivity contribution in [3.8, 4) is 21.1 Å². The zero-order valence-corrected chi connectivity index (χ0v) is 21.5. The third-order valence-electron chi connectivity index (χ3n) is 4.72. The van der Waals surface area contributed by atoms with E-state index in [9.17, 15) is 5.11 Å². The molecule has 4 aromatic rings. The Bertz CT molecular complexity index is 1190. The van der Waals surface area contributed by atoms with E-state index in [-0.39, 0.29) is 6.61 Å². The predicted molar refractivity (Wildman–Crippen MR) is 140 cm³/mol. The lowest BCUT2D eigenvalue weighted by molar-refractivity contribution is 0.178. The van der Waals surface area contributed by atoms with E-state index >= 15 is 0 Å². The summed E-state index contributed by atoms with van der Waals surface area (Å²) in [7, 11) is 0. The van der Waals surface area contributed by atoms with E-state index in [4.69, 9.17) is 16.7 Å². The molecule has 3 N–H and O–H groups in total. The fraction of sp³-hybridized carbons (Fsp3) is 0.190. The maximum absolute atomic E-state index is 10.9. The van der Waals surface area contributed by atoms with Crippen LogP contribution >= 0.6 is 51.4 Å². The number of pyridine rings is 1. The number of halogens is 2. The van der Waals surface area contributed by atoms with E-state index in [0.717, 1.165) is 26.4 Å². The van der Waals surface area contributed by atoms with Crippen molar-refractivity contribution >= 4 is 57.2 Å². The Hall–Kier alpha value is -1.62. The molecular formula is C21H20ClIN5O2PS. The first kappa shape index (κ1) is 23.5. The number of hydrogen-bond donors (Lipinski definition) is 3. The van der Waals surface area contributed by atoms with Crippen LogP contribution in [0.4, 0.5) is 5.82 Å².